The maximum Gasteiger partial charge on any atom is 0.338 e. The number of amides is 2. The summed E-state index contributed by atoms with van der Waals surface area (Å²) >= 11 is 2.12. The Balaban J connectivity index is 1.49. The fourth-order valence-corrected chi connectivity index (χ4v) is 4.84. The molecule has 9 nitrogen and oxygen atoms in total. The number of hydrogen-bond acceptors (Lipinski definition) is 7. The number of aliphatic hydroxyl groups is 1. The third-order valence-corrected chi connectivity index (χ3v) is 6.49. The summed E-state index contributed by atoms with van der Waals surface area (Å²) in [7, 11) is 0. The van der Waals surface area contributed by atoms with Crippen molar-refractivity contribution in [1.29, 1.82) is 0 Å². The van der Waals surface area contributed by atoms with Crippen LogP contribution in [0.25, 0.3) is 0 Å². The highest BCUT2D eigenvalue weighted by Crippen LogP contribution is 2.33. The van der Waals surface area contributed by atoms with Gasteiger partial charge in [-0.2, -0.15) is 0 Å². The summed E-state index contributed by atoms with van der Waals surface area (Å²) < 4.78 is 17.9. The Kier molecular flexibility index (Phi) is 7.44. The fraction of sp³-hybridized carbons (Fsp3) is 0.500. The molecule has 2 fully saturated rings. The van der Waals surface area contributed by atoms with Gasteiger partial charge in [-0.1, -0.05) is 6.07 Å². The van der Waals surface area contributed by atoms with Gasteiger partial charge in [0.1, 0.15) is 31.1 Å². The van der Waals surface area contributed by atoms with Crippen LogP contribution >= 0.6 is 22.6 Å². The van der Waals surface area contributed by atoms with E-state index in [0.717, 1.165) is 3.57 Å². The van der Waals surface area contributed by atoms with Crippen molar-refractivity contribution in [3.8, 4) is 0 Å². The molecule has 2 aliphatic heterocycles. The lowest BCUT2D eigenvalue weighted by atomic mass is 9.91. The van der Waals surface area contributed by atoms with Crippen LogP contribution in [0.1, 0.15) is 29.6 Å². The molecular weight excluding hydrogens is 531 g/mol. The second-order valence-electron chi connectivity index (χ2n) is 7.90. The van der Waals surface area contributed by atoms with Crippen molar-refractivity contribution in [3.63, 3.8) is 0 Å². The zero-order valence-corrected chi connectivity index (χ0v) is 19.5. The first-order valence-corrected chi connectivity index (χ1v) is 11.7. The van der Waals surface area contributed by atoms with Gasteiger partial charge in [-0.05, 0) is 59.7 Å². The molecule has 1 aromatic rings. The first-order valence-electron chi connectivity index (χ1n) is 10.6. The van der Waals surface area contributed by atoms with Gasteiger partial charge in [-0.25, -0.2) is 4.79 Å². The molecule has 2 amide bonds. The van der Waals surface area contributed by atoms with Crippen LogP contribution in [-0.4, -0.2) is 78.6 Å². The Bertz CT molecular complexity index is 921. The van der Waals surface area contributed by atoms with E-state index in [1.807, 2.05) is 6.07 Å². The molecule has 1 aliphatic carbocycles. The minimum absolute atomic E-state index is 0.0560. The molecule has 4 atom stereocenters. The van der Waals surface area contributed by atoms with Crippen molar-refractivity contribution in [2.24, 2.45) is 0 Å². The second-order valence-corrected chi connectivity index (χ2v) is 9.15. The molecule has 0 aromatic heterocycles. The average molecular weight is 556 g/mol. The summed E-state index contributed by atoms with van der Waals surface area (Å²) in [5.41, 5.74) is 0.869. The Morgan fingerprint density at radius 3 is 2.91 bits per heavy atom. The van der Waals surface area contributed by atoms with Gasteiger partial charge in [0.2, 0.25) is 11.8 Å². The SMILES string of the molecule is O=C(O[C@@H]1CC(C(=O)N2CCC[C@@H]2C(=O)NCCO)=C[C@H]2OCO[C@H]21)c1cccc(I)c1. The maximum atomic E-state index is 13.3. The number of esters is 1. The van der Waals surface area contributed by atoms with E-state index in [9.17, 15) is 14.4 Å². The number of benzene rings is 1. The van der Waals surface area contributed by atoms with Gasteiger partial charge in [-0.15, -0.1) is 0 Å². The van der Waals surface area contributed by atoms with E-state index in [-0.39, 0.29) is 38.2 Å². The van der Waals surface area contributed by atoms with Crippen molar-refractivity contribution < 1.29 is 33.7 Å². The van der Waals surface area contributed by atoms with E-state index in [0.29, 0.717) is 30.5 Å². The lowest BCUT2D eigenvalue weighted by Gasteiger charge is -2.32. The Morgan fingerprint density at radius 2 is 2.12 bits per heavy atom. The largest absolute Gasteiger partial charge is 0.456 e. The maximum absolute atomic E-state index is 13.3. The number of fused-ring (bicyclic) bond motifs is 1. The summed E-state index contributed by atoms with van der Waals surface area (Å²) in [6.45, 7) is 0.503. The number of nitrogens with zero attached hydrogens (tertiary/aromatic N) is 1. The monoisotopic (exact) mass is 556 g/mol. The van der Waals surface area contributed by atoms with Crippen LogP contribution in [0.2, 0.25) is 0 Å². The Labute approximate surface area is 199 Å². The van der Waals surface area contributed by atoms with Gasteiger partial charge in [0.25, 0.3) is 0 Å². The summed E-state index contributed by atoms with van der Waals surface area (Å²) in [6, 6.07) is 6.49. The molecular formula is C22H25IN2O7. The lowest BCUT2D eigenvalue weighted by molar-refractivity contribution is -0.136. The predicted octanol–water partition coefficient (Wildman–Crippen LogP) is 0.988. The third-order valence-electron chi connectivity index (χ3n) is 5.82. The molecule has 2 saturated heterocycles. The van der Waals surface area contributed by atoms with E-state index in [4.69, 9.17) is 19.3 Å². The molecule has 2 N–H and O–H groups in total. The number of rotatable bonds is 6. The van der Waals surface area contributed by atoms with Crippen LogP contribution in [0.3, 0.4) is 0 Å². The van der Waals surface area contributed by atoms with E-state index in [1.165, 1.54) is 0 Å². The number of likely N-dealkylation sites (tertiary alicyclic amines) is 1. The molecule has 3 aliphatic rings. The highest BCUT2D eigenvalue weighted by Gasteiger charge is 2.44. The minimum atomic E-state index is -0.680. The van der Waals surface area contributed by atoms with Crippen LogP contribution in [-0.2, 0) is 23.8 Å². The van der Waals surface area contributed by atoms with Crippen molar-refractivity contribution >= 4 is 40.4 Å². The zero-order valence-electron chi connectivity index (χ0n) is 17.4. The molecule has 2 heterocycles. The van der Waals surface area contributed by atoms with Crippen molar-refractivity contribution in [2.75, 3.05) is 26.5 Å². The molecule has 0 unspecified atom stereocenters. The van der Waals surface area contributed by atoms with Crippen LogP contribution in [0.15, 0.2) is 35.9 Å². The topological polar surface area (TPSA) is 114 Å². The number of carbonyl (C=O) groups is 3. The first kappa shape index (κ1) is 23.1. The highest BCUT2D eigenvalue weighted by atomic mass is 127. The molecule has 4 rings (SSSR count). The molecule has 32 heavy (non-hydrogen) atoms. The summed E-state index contributed by atoms with van der Waals surface area (Å²) in [6.07, 6.45) is 1.51. The van der Waals surface area contributed by atoms with Gasteiger partial charge >= 0.3 is 5.97 Å². The number of aliphatic hydroxyl groups excluding tert-OH is 1. The van der Waals surface area contributed by atoms with E-state index in [2.05, 4.69) is 27.9 Å². The average Bonchev–Trinajstić information content (AvgIpc) is 3.46. The van der Waals surface area contributed by atoms with Crippen molar-refractivity contribution in [2.45, 2.75) is 43.6 Å². The van der Waals surface area contributed by atoms with E-state index in [1.54, 1.807) is 29.2 Å². The van der Waals surface area contributed by atoms with E-state index < -0.39 is 30.3 Å². The molecule has 1 aromatic carbocycles. The van der Waals surface area contributed by atoms with E-state index >= 15 is 0 Å². The second kappa shape index (κ2) is 10.3. The Hall–Kier alpha value is -2.02. The van der Waals surface area contributed by atoms with Gasteiger partial charge < -0.3 is 29.5 Å². The highest BCUT2D eigenvalue weighted by molar-refractivity contribution is 14.1. The summed E-state index contributed by atoms with van der Waals surface area (Å²) in [4.78, 5) is 40.0. The molecule has 0 bridgehead atoms. The van der Waals surface area contributed by atoms with Crippen molar-refractivity contribution in [3.05, 3.63) is 45.0 Å². The lowest BCUT2D eigenvalue weighted by Crippen LogP contribution is -2.49. The smallest absolute Gasteiger partial charge is 0.338 e. The number of carbonyl (C=O) groups excluding carboxylic acids is 3. The van der Waals surface area contributed by atoms with Crippen LogP contribution in [0, 0.1) is 3.57 Å². The zero-order chi connectivity index (χ0) is 22.7. The molecule has 10 heteroatoms. The molecule has 172 valence electrons. The van der Waals surface area contributed by atoms with Gasteiger partial charge in [-0.3, -0.25) is 9.59 Å². The fourth-order valence-electron chi connectivity index (χ4n) is 4.30. The number of hydrogen-bond donors (Lipinski definition) is 2. The summed E-state index contributed by atoms with van der Waals surface area (Å²) in [5.74, 6) is -1.03. The third kappa shape index (κ3) is 4.98. The van der Waals surface area contributed by atoms with Gasteiger partial charge in [0.05, 0.1) is 12.2 Å². The number of halogens is 1. The first-order chi connectivity index (χ1) is 15.5. The number of ether oxygens (including phenoxy) is 3. The predicted molar refractivity (Wildman–Crippen MR) is 121 cm³/mol. The van der Waals surface area contributed by atoms with Crippen LogP contribution in [0.4, 0.5) is 0 Å². The normalized spacial score (nSPS) is 26.9. The molecule has 0 saturated carbocycles. The van der Waals surface area contributed by atoms with Gasteiger partial charge in [0.15, 0.2) is 0 Å². The van der Waals surface area contributed by atoms with Crippen LogP contribution < -0.4 is 5.32 Å². The minimum Gasteiger partial charge on any atom is -0.456 e. The standard InChI is InChI=1S/C22H25IN2O7/c23-15-4-1-3-13(9-15)22(29)32-18-11-14(10-17-19(18)31-12-30-17)21(28)25-7-2-5-16(25)20(27)24-6-8-26/h1,3-4,9-10,16-19,26H,2,5-8,11-12H2,(H,24,27)/t16-,17-,18-,19-/m1/s1. The quantitative estimate of drug-likeness (QED) is 0.397. The number of nitrogens with one attached hydrogen (secondary N) is 1. The van der Waals surface area contributed by atoms with Crippen LogP contribution in [0.5, 0.6) is 0 Å². The van der Waals surface area contributed by atoms with Gasteiger partial charge in [0, 0.05) is 28.7 Å². The van der Waals surface area contributed by atoms with Crippen molar-refractivity contribution in [1.82, 2.24) is 10.2 Å². The summed E-state index contributed by atoms with van der Waals surface area (Å²) in [5, 5.41) is 11.6. The molecule has 0 spiro atoms. The molecule has 0 radical (unpaired) electrons. The Morgan fingerprint density at radius 1 is 1.28 bits per heavy atom.